The Kier molecular flexibility index (Phi) is 7.38. The van der Waals surface area contributed by atoms with Crippen molar-refractivity contribution in [3.8, 4) is 0 Å². The molecule has 3 rings (SSSR count). The molecule has 26 heavy (non-hydrogen) atoms. The van der Waals surface area contributed by atoms with Crippen molar-refractivity contribution in [2.75, 3.05) is 31.9 Å². The highest BCUT2D eigenvalue weighted by atomic mass is 32.2. The van der Waals surface area contributed by atoms with Crippen LogP contribution in [0.1, 0.15) is 23.2 Å². The van der Waals surface area contributed by atoms with Gasteiger partial charge in [-0.1, -0.05) is 18.2 Å². The van der Waals surface area contributed by atoms with Gasteiger partial charge in [-0.2, -0.15) is 0 Å². The summed E-state index contributed by atoms with van der Waals surface area (Å²) in [4.78, 5) is 14.3. The molecule has 0 radical (unpaired) electrons. The largest absolute Gasteiger partial charge is 0.357 e. The number of nitrogens with zero attached hydrogens (tertiary/aromatic N) is 3. The lowest BCUT2D eigenvalue weighted by atomic mass is 10.2. The van der Waals surface area contributed by atoms with Gasteiger partial charge in [-0.3, -0.25) is 4.99 Å². The van der Waals surface area contributed by atoms with Gasteiger partial charge in [0.1, 0.15) is 0 Å². The number of aromatic nitrogens is 1. The van der Waals surface area contributed by atoms with Crippen molar-refractivity contribution in [1.82, 2.24) is 15.2 Å². The Morgan fingerprint density at radius 1 is 1.38 bits per heavy atom. The van der Waals surface area contributed by atoms with Crippen LogP contribution in [-0.2, 0) is 6.42 Å². The lowest BCUT2D eigenvalue weighted by Gasteiger charge is -2.21. The molecule has 0 amide bonds. The van der Waals surface area contributed by atoms with Crippen LogP contribution in [0.2, 0.25) is 0 Å². The predicted octanol–water partition coefficient (Wildman–Crippen LogP) is 4.07. The molecule has 1 saturated heterocycles. The number of benzene rings is 1. The normalized spacial score (nSPS) is 17.7. The Balaban J connectivity index is 1.49. The minimum absolute atomic E-state index is 0.727. The molecule has 6 heteroatoms. The Bertz CT molecular complexity index is 699. The number of rotatable bonds is 7. The molecule has 2 heterocycles. The first kappa shape index (κ1) is 19.2. The van der Waals surface area contributed by atoms with Crippen molar-refractivity contribution in [1.29, 1.82) is 0 Å². The maximum atomic E-state index is 4.84. The zero-order valence-electron chi connectivity index (χ0n) is 15.6. The van der Waals surface area contributed by atoms with Crippen LogP contribution < -0.4 is 5.32 Å². The number of likely N-dealkylation sites (tertiary alicyclic amines) is 1. The molecule has 1 fully saturated rings. The number of aryl methyl sites for hydroxylation is 1. The second kappa shape index (κ2) is 9.97. The third-order valence-corrected chi connectivity index (χ3v) is 6.62. The van der Waals surface area contributed by atoms with E-state index in [1.807, 2.05) is 18.0 Å². The summed E-state index contributed by atoms with van der Waals surface area (Å²) in [5.74, 6) is 2.97. The number of aliphatic imine (C=N–C) groups is 1. The molecule has 1 aliphatic heterocycles. The minimum atomic E-state index is 0.727. The van der Waals surface area contributed by atoms with Gasteiger partial charge in [0, 0.05) is 54.3 Å². The maximum absolute atomic E-state index is 4.84. The monoisotopic (exact) mass is 388 g/mol. The van der Waals surface area contributed by atoms with Gasteiger partial charge in [0.25, 0.3) is 0 Å². The molecule has 4 nitrogen and oxygen atoms in total. The number of nitrogens with one attached hydrogen (secondary N) is 1. The summed E-state index contributed by atoms with van der Waals surface area (Å²) in [5, 5.41) is 4.64. The lowest BCUT2D eigenvalue weighted by molar-refractivity contribution is 0.474. The van der Waals surface area contributed by atoms with Crippen LogP contribution in [0.3, 0.4) is 0 Å². The molecular formula is C20H28N4S2. The molecule has 140 valence electrons. The molecule has 0 aliphatic carbocycles. The summed E-state index contributed by atoms with van der Waals surface area (Å²) >= 11 is 3.74. The molecular weight excluding hydrogens is 360 g/mol. The van der Waals surface area contributed by atoms with E-state index in [1.54, 1.807) is 11.3 Å². The summed E-state index contributed by atoms with van der Waals surface area (Å²) in [6.45, 7) is 8.15. The summed E-state index contributed by atoms with van der Waals surface area (Å²) in [5.41, 5.74) is 0. The Labute approximate surface area is 165 Å². The standard InChI is InChI=1S/C20H28N4S2/c1-3-21-20(22-11-9-19-23-13-16(2)26-19)24-12-10-17(14-24)15-25-18-7-5-4-6-8-18/h4-8,13,17H,3,9-12,14-15H2,1-2H3,(H,21,22). The molecule has 1 atom stereocenters. The zero-order chi connectivity index (χ0) is 18.2. The quantitative estimate of drug-likeness (QED) is 0.441. The number of hydrogen-bond donors (Lipinski definition) is 1. The van der Waals surface area contributed by atoms with E-state index in [2.05, 4.69) is 59.4 Å². The fraction of sp³-hybridized carbons (Fsp3) is 0.500. The van der Waals surface area contributed by atoms with E-state index in [0.717, 1.165) is 44.5 Å². The molecule has 2 aromatic rings. The molecule has 1 N–H and O–H groups in total. The second-order valence-electron chi connectivity index (χ2n) is 6.58. The van der Waals surface area contributed by atoms with Crippen LogP contribution in [0.25, 0.3) is 0 Å². The van der Waals surface area contributed by atoms with Crippen molar-refractivity contribution < 1.29 is 0 Å². The number of thiazole rings is 1. The van der Waals surface area contributed by atoms with E-state index in [1.165, 1.54) is 27.0 Å². The van der Waals surface area contributed by atoms with Crippen molar-refractivity contribution >= 4 is 29.1 Å². The average molecular weight is 389 g/mol. The molecule has 1 aromatic heterocycles. The lowest BCUT2D eigenvalue weighted by Crippen LogP contribution is -2.40. The van der Waals surface area contributed by atoms with E-state index >= 15 is 0 Å². The van der Waals surface area contributed by atoms with Gasteiger partial charge in [0.15, 0.2) is 5.96 Å². The first-order valence-electron chi connectivity index (χ1n) is 9.37. The van der Waals surface area contributed by atoms with Crippen molar-refractivity contribution in [2.24, 2.45) is 10.9 Å². The number of thioether (sulfide) groups is 1. The fourth-order valence-corrected chi connectivity index (χ4v) is 4.92. The fourth-order valence-electron chi connectivity index (χ4n) is 3.09. The van der Waals surface area contributed by atoms with Crippen LogP contribution in [0.15, 0.2) is 46.4 Å². The van der Waals surface area contributed by atoms with Gasteiger partial charge < -0.3 is 10.2 Å². The number of guanidine groups is 1. The zero-order valence-corrected chi connectivity index (χ0v) is 17.3. The van der Waals surface area contributed by atoms with Crippen molar-refractivity contribution in [3.63, 3.8) is 0 Å². The van der Waals surface area contributed by atoms with E-state index in [0.29, 0.717) is 0 Å². The Morgan fingerprint density at radius 3 is 2.96 bits per heavy atom. The van der Waals surface area contributed by atoms with Gasteiger partial charge in [-0.05, 0) is 38.3 Å². The van der Waals surface area contributed by atoms with E-state index < -0.39 is 0 Å². The van der Waals surface area contributed by atoms with Crippen molar-refractivity contribution in [2.45, 2.75) is 31.6 Å². The van der Waals surface area contributed by atoms with Gasteiger partial charge in [-0.15, -0.1) is 23.1 Å². The van der Waals surface area contributed by atoms with Crippen LogP contribution >= 0.6 is 23.1 Å². The van der Waals surface area contributed by atoms with E-state index in [-0.39, 0.29) is 0 Å². The van der Waals surface area contributed by atoms with Gasteiger partial charge in [0.05, 0.1) is 5.01 Å². The molecule has 1 aromatic carbocycles. The summed E-state index contributed by atoms with van der Waals surface area (Å²) in [6, 6.07) is 10.7. The first-order valence-corrected chi connectivity index (χ1v) is 11.2. The van der Waals surface area contributed by atoms with Gasteiger partial charge in [0.2, 0.25) is 0 Å². The van der Waals surface area contributed by atoms with Crippen LogP contribution in [0.5, 0.6) is 0 Å². The summed E-state index contributed by atoms with van der Waals surface area (Å²) in [6.07, 6.45) is 4.12. The molecule has 0 bridgehead atoms. The van der Waals surface area contributed by atoms with E-state index in [4.69, 9.17) is 4.99 Å². The molecule has 1 unspecified atom stereocenters. The topological polar surface area (TPSA) is 40.5 Å². The highest BCUT2D eigenvalue weighted by Crippen LogP contribution is 2.25. The Morgan fingerprint density at radius 2 is 2.23 bits per heavy atom. The summed E-state index contributed by atoms with van der Waals surface area (Å²) < 4.78 is 0. The minimum Gasteiger partial charge on any atom is -0.357 e. The maximum Gasteiger partial charge on any atom is 0.193 e. The van der Waals surface area contributed by atoms with Crippen LogP contribution in [-0.4, -0.2) is 47.8 Å². The SMILES string of the molecule is CCNC(=NCCc1ncc(C)s1)N1CCC(CSc2ccccc2)C1. The van der Waals surface area contributed by atoms with Crippen LogP contribution in [0.4, 0.5) is 0 Å². The van der Waals surface area contributed by atoms with E-state index in [9.17, 15) is 0 Å². The Hall–Kier alpha value is -1.53. The summed E-state index contributed by atoms with van der Waals surface area (Å²) in [7, 11) is 0. The molecule has 0 saturated carbocycles. The third-order valence-electron chi connectivity index (χ3n) is 4.41. The molecule has 0 spiro atoms. The van der Waals surface area contributed by atoms with Gasteiger partial charge in [-0.25, -0.2) is 4.98 Å². The van der Waals surface area contributed by atoms with Crippen LogP contribution in [0, 0.1) is 12.8 Å². The predicted molar refractivity (Wildman–Crippen MR) is 113 cm³/mol. The highest BCUT2D eigenvalue weighted by Gasteiger charge is 2.24. The molecule has 1 aliphatic rings. The first-order chi connectivity index (χ1) is 12.7. The van der Waals surface area contributed by atoms with Crippen molar-refractivity contribution in [3.05, 3.63) is 46.4 Å². The smallest absolute Gasteiger partial charge is 0.193 e. The average Bonchev–Trinajstić information content (AvgIpc) is 3.29. The third kappa shape index (κ3) is 5.74. The highest BCUT2D eigenvalue weighted by molar-refractivity contribution is 7.99. The van der Waals surface area contributed by atoms with Gasteiger partial charge >= 0.3 is 0 Å². The number of hydrogen-bond acceptors (Lipinski definition) is 4. The second-order valence-corrected chi connectivity index (χ2v) is 8.99.